The Morgan fingerprint density at radius 3 is 2.55 bits per heavy atom. The van der Waals surface area contributed by atoms with Crippen LogP contribution in [0.25, 0.3) is 0 Å². The minimum atomic E-state index is -0.0583. The standard InChI is InChI=1S/C17H22N4O/c1-13-3-8-16(21-12-13)19-9-2-10-20-17(22)15-6-4-14(11-18)5-7-15/h3-8,12H,2,9-11,18H2,1H3,(H,19,21)(H,20,22). The zero-order valence-corrected chi connectivity index (χ0v) is 12.8. The lowest BCUT2D eigenvalue weighted by Gasteiger charge is -2.07. The van der Waals surface area contributed by atoms with Gasteiger partial charge in [0.15, 0.2) is 0 Å². The summed E-state index contributed by atoms with van der Waals surface area (Å²) in [5, 5.41) is 6.13. The van der Waals surface area contributed by atoms with Crippen LogP contribution in [0.4, 0.5) is 5.82 Å². The predicted molar refractivity (Wildman–Crippen MR) is 88.7 cm³/mol. The summed E-state index contributed by atoms with van der Waals surface area (Å²) in [6.45, 7) is 3.88. The van der Waals surface area contributed by atoms with Crippen LogP contribution in [-0.4, -0.2) is 24.0 Å². The molecule has 0 spiro atoms. The van der Waals surface area contributed by atoms with Gasteiger partial charge in [0.1, 0.15) is 5.82 Å². The molecule has 22 heavy (non-hydrogen) atoms. The topological polar surface area (TPSA) is 80.0 Å². The molecule has 0 radical (unpaired) electrons. The monoisotopic (exact) mass is 298 g/mol. The van der Waals surface area contributed by atoms with Crippen LogP contribution in [0.1, 0.15) is 27.9 Å². The van der Waals surface area contributed by atoms with Crippen LogP contribution in [0.3, 0.4) is 0 Å². The summed E-state index contributed by atoms with van der Waals surface area (Å²) in [7, 11) is 0. The van der Waals surface area contributed by atoms with Gasteiger partial charge in [-0.1, -0.05) is 18.2 Å². The molecular formula is C17H22N4O. The molecule has 0 unspecified atom stereocenters. The number of nitrogens with zero attached hydrogens (tertiary/aromatic N) is 1. The van der Waals surface area contributed by atoms with Crippen LogP contribution in [0.15, 0.2) is 42.6 Å². The molecule has 0 aliphatic heterocycles. The van der Waals surface area contributed by atoms with Crippen molar-refractivity contribution in [2.45, 2.75) is 19.9 Å². The van der Waals surface area contributed by atoms with Gasteiger partial charge >= 0.3 is 0 Å². The lowest BCUT2D eigenvalue weighted by atomic mass is 10.1. The second-order valence-electron chi connectivity index (χ2n) is 5.16. The van der Waals surface area contributed by atoms with Gasteiger partial charge in [0, 0.05) is 31.4 Å². The fourth-order valence-electron chi connectivity index (χ4n) is 1.97. The molecule has 0 saturated carbocycles. The van der Waals surface area contributed by atoms with E-state index in [-0.39, 0.29) is 5.91 Å². The zero-order chi connectivity index (χ0) is 15.8. The number of carbonyl (C=O) groups excluding carboxylic acids is 1. The number of nitrogens with two attached hydrogens (primary N) is 1. The fraction of sp³-hybridized carbons (Fsp3) is 0.294. The first-order valence-electron chi connectivity index (χ1n) is 7.43. The number of pyridine rings is 1. The van der Waals surface area contributed by atoms with E-state index in [4.69, 9.17) is 5.73 Å². The quantitative estimate of drug-likeness (QED) is 0.684. The molecule has 0 aliphatic carbocycles. The van der Waals surface area contributed by atoms with Crippen molar-refractivity contribution in [2.24, 2.45) is 5.73 Å². The number of aryl methyl sites for hydroxylation is 1. The maximum Gasteiger partial charge on any atom is 0.251 e. The Morgan fingerprint density at radius 2 is 1.91 bits per heavy atom. The normalized spacial score (nSPS) is 10.3. The van der Waals surface area contributed by atoms with E-state index in [1.807, 2.05) is 37.4 Å². The van der Waals surface area contributed by atoms with E-state index < -0.39 is 0 Å². The number of amides is 1. The largest absolute Gasteiger partial charge is 0.370 e. The molecule has 2 rings (SSSR count). The molecule has 0 atom stereocenters. The highest BCUT2D eigenvalue weighted by Crippen LogP contribution is 2.04. The highest BCUT2D eigenvalue weighted by atomic mass is 16.1. The molecule has 1 heterocycles. The summed E-state index contributed by atoms with van der Waals surface area (Å²) in [6.07, 6.45) is 2.66. The van der Waals surface area contributed by atoms with Crippen molar-refractivity contribution in [1.29, 1.82) is 0 Å². The van der Waals surface area contributed by atoms with Gasteiger partial charge in [-0.25, -0.2) is 4.98 Å². The van der Waals surface area contributed by atoms with E-state index in [1.165, 1.54) is 0 Å². The molecule has 1 aromatic carbocycles. The summed E-state index contributed by atoms with van der Waals surface area (Å²) < 4.78 is 0. The lowest BCUT2D eigenvalue weighted by Crippen LogP contribution is -2.25. The van der Waals surface area contributed by atoms with Crippen LogP contribution in [0.2, 0.25) is 0 Å². The Hall–Kier alpha value is -2.40. The lowest BCUT2D eigenvalue weighted by molar-refractivity contribution is 0.0953. The molecule has 0 fully saturated rings. The Bertz CT molecular complexity index is 593. The molecule has 0 bridgehead atoms. The van der Waals surface area contributed by atoms with Gasteiger partial charge in [0.25, 0.3) is 5.91 Å². The van der Waals surface area contributed by atoms with Crippen LogP contribution in [0.5, 0.6) is 0 Å². The van der Waals surface area contributed by atoms with Gasteiger partial charge in [0.05, 0.1) is 0 Å². The average Bonchev–Trinajstić information content (AvgIpc) is 2.56. The van der Waals surface area contributed by atoms with E-state index >= 15 is 0 Å². The number of hydrogen-bond donors (Lipinski definition) is 3. The number of benzene rings is 1. The SMILES string of the molecule is Cc1ccc(NCCCNC(=O)c2ccc(CN)cc2)nc1. The zero-order valence-electron chi connectivity index (χ0n) is 12.8. The van der Waals surface area contributed by atoms with Crippen molar-refractivity contribution in [3.05, 3.63) is 59.3 Å². The summed E-state index contributed by atoms with van der Waals surface area (Å²) in [5.74, 6) is 0.798. The molecule has 1 aromatic heterocycles. The van der Waals surface area contributed by atoms with Crippen molar-refractivity contribution in [1.82, 2.24) is 10.3 Å². The van der Waals surface area contributed by atoms with Crippen LogP contribution in [-0.2, 0) is 6.54 Å². The predicted octanol–water partition coefficient (Wildman–Crippen LogP) is 2.08. The minimum Gasteiger partial charge on any atom is -0.370 e. The maximum absolute atomic E-state index is 11.9. The highest BCUT2D eigenvalue weighted by molar-refractivity contribution is 5.94. The average molecular weight is 298 g/mol. The van der Waals surface area contributed by atoms with Gasteiger partial charge in [-0.3, -0.25) is 4.79 Å². The van der Waals surface area contributed by atoms with E-state index in [0.29, 0.717) is 18.7 Å². The Balaban J connectivity index is 1.67. The third-order valence-corrected chi connectivity index (χ3v) is 3.31. The second kappa shape index (κ2) is 8.14. The molecule has 1 amide bonds. The summed E-state index contributed by atoms with van der Waals surface area (Å²) in [5.41, 5.74) is 8.35. The first kappa shape index (κ1) is 16.0. The first-order chi connectivity index (χ1) is 10.7. The Kier molecular flexibility index (Phi) is 5.91. The van der Waals surface area contributed by atoms with Gasteiger partial charge < -0.3 is 16.4 Å². The van der Waals surface area contributed by atoms with Crippen LogP contribution in [0, 0.1) is 6.92 Å². The van der Waals surface area contributed by atoms with Crippen molar-refractivity contribution >= 4 is 11.7 Å². The Morgan fingerprint density at radius 1 is 1.14 bits per heavy atom. The molecule has 0 aliphatic rings. The number of rotatable bonds is 7. The van der Waals surface area contributed by atoms with Crippen molar-refractivity contribution < 1.29 is 4.79 Å². The Labute approximate surface area is 130 Å². The summed E-state index contributed by atoms with van der Waals surface area (Å²) in [6, 6.07) is 11.3. The van der Waals surface area contributed by atoms with Gasteiger partial charge in [0.2, 0.25) is 0 Å². The molecular weight excluding hydrogens is 276 g/mol. The van der Waals surface area contributed by atoms with E-state index in [9.17, 15) is 4.79 Å². The minimum absolute atomic E-state index is 0.0583. The first-order valence-corrected chi connectivity index (χ1v) is 7.43. The van der Waals surface area contributed by atoms with Crippen molar-refractivity contribution in [2.75, 3.05) is 18.4 Å². The van der Waals surface area contributed by atoms with E-state index in [0.717, 1.165) is 29.9 Å². The number of nitrogens with one attached hydrogen (secondary N) is 2. The van der Waals surface area contributed by atoms with Crippen LogP contribution >= 0.6 is 0 Å². The number of anilines is 1. The molecule has 0 saturated heterocycles. The summed E-state index contributed by atoms with van der Waals surface area (Å²) >= 11 is 0. The maximum atomic E-state index is 11.9. The third-order valence-electron chi connectivity index (χ3n) is 3.31. The highest BCUT2D eigenvalue weighted by Gasteiger charge is 2.04. The van der Waals surface area contributed by atoms with Crippen molar-refractivity contribution in [3.8, 4) is 0 Å². The second-order valence-corrected chi connectivity index (χ2v) is 5.16. The van der Waals surface area contributed by atoms with Crippen molar-refractivity contribution in [3.63, 3.8) is 0 Å². The van der Waals surface area contributed by atoms with Crippen LogP contribution < -0.4 is 16.4 Å². The van der Waals surface area contributed by atoms with Gasteiger partial charge in [-0.05, 0) is 42.7 Å². The van der Waals surface area contributed by atoms with E-state index in [1.54, 1.807) is 12.1 Å². The van der Waals surface area contributed by atoms with Gasteiger partial charge in [-0.15, -0.1) is 0 Å². The molecule has 5 heteroatoms. The molecule has 2 aromatic rings. The van der Waals surface area contributed by atoms with Gasteiger partial charge in [-0.2, -0.15) is 0 Å². The number of carbonyl (C=O) groups is 1. The third kappa shape index (κ3) is 4.86. The molecule has 5 nitrogen and oxygen atoms in total. The summed E-state index contributed by atoms with van der Waals surface area (Å²) in [4.78, 5) is 16.2. The smallest absolute Gasteiger partial charge is 0.251 e. The number of aromatic nitrogens is 1. The molecule has 116 valence electrons. The number of hydrogen-bond acceptors (Lipinski definition) is 4. The van der Waals surface area contributed by atoms with E-state index in [2.05, 4.69) is 15.6 Å². The molecule has 4 N–H and O–H groups in total. The fourth-order valence-corrected chi connectivity index (χ4v) is 1.97.